The van der Waals surface area contributed by atoms with Crippen LogP contribution in [0.4, 0.5) is 0 Å². The van der Waals surface area contributed by atoms with E-state index in [1.807, 2.05) is 0 Å². The Morgan fingerprint density at radius 1 is 0.277 bits per heavy atom. The van der Waals surface area contributed by atoms with Gasteiger partial charge in [-0.2, -0.15) is 0 Å². The fraction of sp³-hybridized carbons (Fsp3) is 0.915. The quantitative estimate of drug-likeness (QED) is 0.0262. The SMILES string of the molecule is C=C.CCCCCCCCCCCCCCCCCC(=O)OCC(COC(=O)CCCCCCCCCCCCCCCCC)OC(=O)CCCCCCCCCCCCCCCCC. The van der Waals surface area contributed by atoms with E-state index in [1.165, 1.54) is 231 Å². The van der Waals surface area contributed by atoms with Crippen LogP contribution in [0.15, 0.2) is 13.2 Å². The number of rotatable bonds is 53. The van der Waals surface area contributed by atoms with Gasteiger partial charge in [0.1, 0.15) is 13.2 Å². The van der Waals surface area contributed by atoms with Gasteiger partial charge in [-0.05, 0) is 19.3 Å². The van der Waals surface area contributed by atoms with Crippen molar-refractivity contribution in [2.75, 3.05) is 13.2 Å². The van der Waals surface area contributed by atoms with E-state index in [-0.39, 0.29) is 31.1 Å². The summed E-state index contributed by atoms with van der Waals surface area (Å²) < 4.78 is 16.9. The second-order valence-electron chi connectivity index (χ2n) is 19.6. The molecule has 0 N–H and O–H groups in total. The Morgan fingerprint density at radius 3 is 0.646 bits per heavy atom. The van der Waals surface area contributed by atoms with Gasteiger partial charge < -0.3 is 14.2 Å². The summed E-state index contributed by atoms with van der Waals surface area (Å²) in [4.78, 5) is 38.1. The number of ether oxygens (including phenoxy) is 3. The van der Waals surface area contributed by atoms with Crippen molar-refractivity contribution in [3.8, 4) is 0 Å². The lowest BCUT2D eigenvalue weighted by molar-refractivity contribution is -0.167. The van der Waals surface area contributed by atoms with E-state index in [9.17, 15) is 14.4 Å². The van der Waals surface area contributed by atoms with Gasteiger partial charge in [-0.15, -0.1) is 13.2 Å². The van der Waals surface area contributed by atoms with Crippen LogP contribution in [0.2, 0.25) is 0 Å². The maximum atomic E-state index is 12.8. The number of unbranched alkanes of at least 4 members (excludes halogenated alkanes) is 42. The van der Waals surface area contributed by atoms with Crippen LogP contribution in [-0.2, 0) is 28.6 Å². The van der Waals surface area contributed by atoms with E-state index >= 15 is 0 Å². The van der Waals surface area contributed by atoms with Crippen LogP contribution in [0, 0.1) is 0 Å². The van der Waals surface area contributed by atoms with Crippen LogP contribution >= 0.6 is 0 Å². The standard InChI is InChI=1S/C57H110O6.C2H4/c1-4-7-10-13-16-19-22-25-28-31-34-37-40-43-46-49-55(58)61-52-54(63-57(60)51-48-45-42-39-36-33-30-27-24-21-18-15-12-9-6-3)53-62-56(59)50-47-44-41-38-35-32-29-26-23-20-17-14-11-8-5-2;1-2/h54H,4-53H2,1-3H3;1-2H2. The van der Waals surface area contributed by atoms with E-state index in [1.54, 1.807) is 0 Å². The van der Waals surface area contributed by atoms with Crippen molar-refractivity contribution < 1.29 is 28.6 Å². The average Bonchev–Trinajstić information content (AvgIpc) is 3.31. The van der Waals surface area contributed by atoms with Gasteiger partial charge in [0, 0.05) is 19.3 Å². The summed E-state index contributed by atoms with van der Waals surface area (Å²) in [6, 6.07) is 0. The Kier molecular flexibility index (Phi) is 58.5. The molecule has 0 saturated carbocycles. The topological polar surface area (TPSA) is 78.9 Å². The molecule has 0 aromatic carbocycles. The first-order valence-electron chi connectivity index (χ1n) is 29.0. The lowest BCUT2D eigenvalue weighted by Gasteiger charge is -2.18. The molecule has 386 valence electrons. The third-order valence-electron chi connectivity index (χ3n) is 13.1. The monoisotopic (exact) mass is 919 g/mol. The molecule has 0 aromatic heterocycles. The van der Waals surface area contributed by atoms with Gasteiger partial charge in [-0.25, -0.2) is 0 Å². The highest BCUT2D eigenvalue weighted by Gasteiger charge is 2.19. The highest BCUT2D eigenvalue weighted by molar-refractivity contribution is 5.71. The molecular weight excluding hydrogens is 805 g/mol. The van der Waals surface area contributed by atoms with Crippen molar-refractivity contribution in [1.82, 2.24) is 0 Å². The largest absolute Gasteiger partial charge is 0.462 e. The van der Waals surface area contributed by atoms with Crippen molar-refractivity contribution in [1.29, 1.82) is 0 Å². The molecule has 6 nitrogen and oxygen atoms in total. The number of esters is 3. The molecular formula is C59H114O6. The summed E-state index contributed by atoms with van der Waals surface area (Å²) >= 11 is 0. The number of hydrogen-bond donors (Lipinski definition) is 0. The van der Waals surface area contributed by atoms with E-state index in [0.29, 0.717) is 19.3 Å². The third-order valence-corrected chi connectivity index (χ3v) is 13.1. The Morgan fingerprint density at radius 2 is 0.446 bits per heavy atom. The van der Waals surface area contributed by atoms with Crippen molar-refractivity contribution in [2.24, 2.45) is 0 Å². The smallest absolute Gasteiger partial charge is 0.306 e. The van der Waals surface area contributed by atoms with Crippen molar-refractivity contribution in [3.63, 3.8) is 0 Å². The summed E-state index contributed by atoms with van der Waals surface area (Å²) in [5.74, 6) is -0.832. The van der Waals surface area contributed by atoms with Gasteiger partial charge in [0.2, 0.25) is 0 Å². The third kappa shape index (κ3) is 56.4. The molecule has 0 aromatic rings. The molecule has 6 heteroatoms. The predicted octanol–water partition coefficient (Wildman–Crippen LogP) is 19.6. The van der Waals surface area contributed by atoms with Crippen LogP contribution in [0.25, 0.3) is 0 Å². The van der Waals surface area contributed by atoms with E-state index in [0.717, 1.165) is 57.8 Å². The molecule has 0 radical (unpaired) electrons. The zero-order valence-corrected chi connectivity index (χ0v) is 44.3. The average molecular weight is 920 g/mol. The molecule has 0 unspecified atom stereocenters. The van der Waals surface area contributed by atoms with Gasteiger partial charge in [-0.3, -0.25) is 14.4 Å². The first-order chi connectivity index (χ1) is 32.0. The minimum atomic E-state index is -0.760. The van der Waals surface area contributed by atoms with Crippen molar-refractivity contribution >= 4 is 17.9 Å². The van der Waals surface area contributed by atoms with Crippen LogP contribution in [-0.4, -0.2) is 37.2 Å². The maximum absolute atomic E-state index is 12.8. The van der Waals surface area contributed by atoms with Crippen LogP contribution in [0.3, 0.4) is 0 Å². The van der Waals surface area contributed by atoms with Crippen LogP contribution in [0.5, 0.6) is 0 Å². The molecule has 0 atom stereocenters. The molecule has 0 aliphatic carbocycles. The molecule has 0 aliphatic heterocycles. The normalized spacial score (nSPS) is 11.1. The summed E-state index contributed by atoms with van der Waals surface area (Å²) in [6.45, 7) is 12.7. The number of hydrogen-bond acceptors (Lipinski definition) is 6. The van der Waals surface area contributed by atoms with Gasteiger partial charge in [-0.1, -0.05) is 290 Å². The first-order valence-corrected chi connectivity index (χ1v) is 29.0. The van der Waals surface area contributed by atoms with E-state index in [2.05, 4.69) is 33.9 Å². The number of carbonyl (C=O) groups excluding carboxylic acids is 3. The second-order valence-corrected chi connectivity index (χ2v) is 19.6. The minimum absolute atomic E-state index is 0.0611. The molecule has 0 rings (SSSR count). The number of carbonyl (C=O) groups is 3. The van der Waals surface area contributed by atoms with Gasteiger partial charge >= 0.3 is 17.9 Å². The van der Waals surface area contributed by atoms with Crippen molar-refractivity contribution in [2.45, 2.75) is 335 Å². The Hall–Kier alpha value is -1.85. The zero-order chi connectivity index (χ0) is 47.8. The molecule has 0 fully saturated rings. The first kappa shape index (κ1) is 65.2. The summed E-state index contributed by atoms with van der Waals surface area (Å²) in [7, 11) is 0. The van der Waals surface area contributed by atoms with Crippen LogP contribution < -0.4 is 0 Å². The molecule has 65 heavy (non-hydrogen) atoms. The Labute approximate surface area is 406 Å². The van der Waals surface area contributed by atoms with E-state index in [4.69, 9.17) is 14.2 Å². The zero-order valence-electron chi connectivity index (χ0n) is 44.3. The maximum Gasteiger partial charge on any atom is 0.306 e. The Bertz CT molecular complexity index is 901. The molecule has 0 aliphatic rings. The molecule has 0 saturated heterocycles. The highest BCUT2D eigenvalue weighted by atomic mass is 16.6. The van der Waals surface area contributed by atoms with Gasteiger partial charge in [0.15, 0.2) is 6.10 Å². The summed E-state index contributed by atoms with van der Waals surface area (Å²) in [5, 5.41) is 0. The van der Waals surface area contributed by atoms with E-state index < -0.39 is 6.10 Å². The summed E-state index contributed by atoms with van der Waals surface area (Å²) in [6.07, 6.45) is 58.0. The highest BCUT2D eigenvalue weighted by Crippen LogP contribution is 2.17. The molecule has 0 heterocycles. The molecule has 0 amide bonds. The fourth-order valence-electron chi connectivity index (χ4n) is 8.80. The molecule has 0 spiro atoms. The van der Waals surface area contributed by atoms with Gasteiger partial charge in [0.25, 0.3) is 0 Å². The minimum Gasteiger partial charge on any atom is -0.462 e. The van der Waals surface area contributed by atoms with Crippen LogP contribution in [0.1, 0.15) is 329 Å². The van der Waals surface area contributed by atoms with Gasteiger partial charge in [0.05, 0.1) is 0 Å². The second kappa shape index (κ2) is 58.3. The Balaban J connectivity index is 0. The summed E-state index contributed by atoms with van der Waals surface area (Å²) in [5.41, 5.74) is 0. The lowest BCUT2D eigenvalue weighted by Crippen LogP contribution is -2.30. The fourth-order valence-corrected chi connectivity index (χ4v) is 8.80. The van der Waals surface area contributed by atoms with Crippen molar-refractivity contribution in [3.05, 3.63) is 13.2 Å². The lowest BCUT2D eigenvalue weighted by atomic mass is 10.0. The predicted molar refractivity (Wildman–Crippen MR) is 282 cm³/mol. The molecule has 0 bridgehead atoms.